The standard InChI is InChI=1S/C24H27FN8O2.3H2/c1-16(17-3-5-18(25)6-4-17)28-20-15-19(21-22(26)31-33-8-2-7-27-23(21)33)29-24(30-20)35-14-11-32-9-12-34-13-10-32;;;/h2-8,15-16H,9-14H2,1H3,(H2,26,31)(H,28,29,30);3*1H/t16-;;;/m0.../s1. The Morgan fingerprint density at radius 2 is 2.03 bits per heavy atom. The Morgan fingerprint density at radius 1 is 1.23 bits per heavy atom. The minimum atomic E-state index is -0.280. The summed E-state index contributed by atoms with van der Waals surface area (Å²) in [6.07, 6.45) is 3.45. The molecule has 4 aromatic rings. The van der Waals surface area contributed by atoms with E-state index in [1.54, 1.807) is 41.2 Å². The molecule has 4 heterocycles. The van der Waals surface area contributed by atoms with Crippen LogP contribution in [0.3, 0.4) is 0 Å². The summed E-state index contributed by atoms with van der Waals surface area (Å²) in [5.41, 5.74) is 8.88. The molecule has 188 valence electrons. The largest absolute Gasteiger partial charge is 0.462 e. The monoisotopic (exact) mass is 484 g/mol. The fraction of sp³-hybridized carbons (Fsp3) is 0.333. The lowest BCUT2D eigenvalue weighted by molar-refractivity contribution is 0.0317. The maximum absolute atomic E-state index is 13.4. The maximum Gasteiger partial charge on any atom is 0.318 e. The van der Waals surface area contributed by atoms with E-state index in [1.165, 1.54) is 12.1 Å². The molecule has 0 unspecified atom stereocenters. The van der Waals surface area contributed by atoms with Crippen molar-refractivity contribution < 1.29 is 18.1 Å². The summed E-state index contributed by atoms with van der Waals surface area (Å²) in [7, 11) is 0. The average Bonchev–Trinajstić information content (AvgIpc) is 3.20. The van der Waals surface area contributed by atoms with Gasteiger partial charge in [0.25, 0.3) is 0 Å². The van der Waals surface area contributed by atoms with E-state index < -0.39 is 0 Å². The van der Waals surface area contributed by atoms with Crippen LogP contribution < -0.4 is 15.8 Å². The highest BCUT2D eigenvalue weighted by Crippen LogP contribution is 2.31. The number of anilines is 2. The number of halogens is 1. The maximum atomic E-state index is 13.4. The average molecular weight is 485 g/mol. The molecule has 0 saturated carbocycles. The number of fused-ring (bicyclic) bond motifs is 1. The fourth-order valence-electron chi connectivity index (χ4n) is 3.99. The highest BCUT2D eigenvalue weighted by Gasteiger charge is 2.19. The normalized spacial score (nSPS) is 15.3. The van der Waals surface area contributed by atoms with Crippen molar-refractivity contribution in [3.8, 4) is 17.3 Å². The summed E-state index contributed by atoms with van der Waals surface area (Å²) >= 11 is 0. The molecule has 1 saturated heterocycles. The third-order valence-electron chi connectivity index (χ3n) is 5.86. The van der Waals surface area contributed by atoms with Gasteiger partial charge in [0.1, 0.15) is 18.2 Å². The van der Waals surface area contributed by atoms with Gasteiger partial charge in [-0.05, 0) is 30.7 Å². The van der Waals surface area contributed by atoms with Crippen LogP contribution in [0.2, 0.25) is 0 Å². The molecule has 0 spiro atoms. The number of hydrogen-bond donors (Lipinski definition) is 2. The Morgan fingerprint density at radius 3 is 2.83 bits per heavy atom. The van der Waals surface area contributed by atoms with Crippen molar-refractivity contribution in [3.63, 3.8) is 0 Å². The zero-order valence-corrected chi connectivity index (χ0v) is 19.4. The molecule has 1 aliphatic heterocycles. The lowest BCUT2D eigenvalue weighted by atomic mass is 10.1. The number of hydrogen-bond acceptors (Lipinski definition) is 9. The van der Waals surface area contributed by atoms with E-state index in [9.17, 15) is 4.39 Å². The smallest absolute Gasteiger partial charge is 0.318 e. The molecule has 1 aliphatic rings. The summed E-state index contributed by atoms with van der Waals surface area (Å²) in [4.78, 5) is 15.9. The van der Waals surface area contributed by atoms with Gasteiger partial charge in [-0.1, -0.05) is 12.1 Å². The third kappa shape index (κ3) is 5.31. The molecule has 0 aliphatic carbocycles. The van der Waals surface area contributed by atoms with E-state index >= 15 is 0 Å². The molecule has 10 nitrogen and oxygen atoms in total. The van der Waals surface area contributed by atoms with Crippen molar-refractivity contribution in [1.29, 1.82) is 0 Å². The fourth-order valence-corrected chi connectivity index (χ4v) is 3.99. The number of nitrogens with two attached hydrogens (primary N) is 1. The molecule has 1 atom stereocenters. The van der Waals surface area contributed by atoms with Gasteiger partial charge in [0.2, 0.25) is 0 Å². The Balaban J connectivity index is 0.00000169. The summed E-state index contributed by atoms with van der Waals surface area (Å²) in [6.45, 7) is 6.34. The first-order valence-electron chi connectivity index (χ1n) is 11.5. The highest BCUT2D eigenvalue weighted by atomic mass is 19.1. The Labute approximate surface area is 206 Å². The molecule has 11 heteroatoms. The van der Waals surface area contributed by atoms with Gasteiger partial charge in [-0.25, -0.2) is 13.9 Å². The van der Waals surface area contributed by atoms with E-state index in [4.69, 9.17) is 15.2 Å². The summed E-state index contributed by atoms with van der Waals surface area (Å²) in [6, 6.07) is 9.99. The molecule has 1 aromatic carbocycles. The number of aromatic nitrogens is 5. The molecule has 1 fully saturated rings. The van der Waals surface area contributed by atoms with Crippen LogP contribution in [0.1, 0.15) is 22.8 Å². The van der Waals surface area contributed by atoms with Crippen molar-refractivity contribution >= 4 is 17.3 Å². The van der Waals surface area contributed by atoms with Crippen molar-refractivity contribution in [2.45, 2.75) is 13.0 Å². The summed E-state index contributed by atoms with van der Waals surface area (Å²) < 4.78 is 26.3. The lowest BCUT2D eigenvalue weighted by Crippen LogP contribution is -2.38. The van der Waals surface area contributed by atoms with Gasteiger partial charge in [-0.3, -0.25) is 4.90 Å². The molecular formula is C24H33FN8O2. The quantitative estimate of drug-likeness (QED) is 0.387. The van der Waals surface area contributed by atoms with Crippen molar-refractivity contribution in [1.82, 2.24) is 29.5 Å². The van der Waals surface area contributed by atoms with E-state index in [0.717, 1.165) is 38.4 Å². The van der Waals surface area contributed by atoms with Crippen LogP contribution >= 0.6 is 0 Å². The molecule has 0 amide bonds. The first-order chi connectivity index (χ1) is 17.1. The SMILES string of the molecule is C[C@H](Nc1cc(-c2c(N)nn3cccnc23)nc(OCCN2CCOCC2)n1)c1ccc(F)cc1.[HH].[HH].[HH]. The van der Waals surface area contributed by atoms with Crippen LogP contribution in [0, 0.1) is 5.82 Å². The molecule has 0 bridgehead atoms. The molecular weight excluding hydrogens is 451 g/mol. The zero-order valence-electron chi connectivity index (χ0n) is 19.4. The first kappa shape index (κ1) is 22.9. The second kappa shape index (κ2) is 10.2. The van der Waals surface area contributed by atoms with E-state index in [1.807, 2.05) is 6.92 Å². The predicted octanol–water partition coefficient (Wildman–Crippen LogP) is 3.53. The van der Waals surface area contributed by atoms with Crippen LogP contribution in [0.15, 0.2) is 48.8 Å². The van der Waals surface area contributed by atoms with E-state index in [-0.39, 0.29) is 22.1 Å². The summed E-state index contributed by atoms with van der Waals surface area (Å²) in [5, 5.41) is 7.70. The molecule has 3 aromatic heterocycles. The van der Waals surface area contributed by atoms with Gasteiger partial charge < -0.3 is 20.5 Å². The molecule has 5 rings (SSSR count). The minimum Gasteiger partial charge on any atom is -0.462 e. The number of nitrogens with one attached hydrogen (secondary N) is 1. The second-order valence-corrected chi connectivity index (χ2v) is 8.29. The molecule has 0 radical (unpaired) electrons. The highest BCUT2D eigenvalue weighted by molar-refractivity contribution is 5.85. The van der Waals surface area contributed by atoms with Crippen LogP contribution in [-0.2, 0) is 4.74 Å². The topological polar surface area (TPSA) is 116 Å². The van der Waals surface area contributed by atoms with Crippen LogP contribution in [-0.4, -0.2) is 68.9 Å². The number of nitrogens with zero attached hydrogens (tertiary/aromatic N) is 6. The van der Waals surface area contributed by atoms with Crippen LogP contribution in [0.25, 0.3) is 16.9 Å². The van der Waals surface area contributed by atoms with Gasteiger partial charge in [0, 0.05) is 48.4 Å². The van der Waals surface area contributed by atoms with Gasteiger partial charge in [-0.15, -0.1) is 5.10 Å². The minimum absolute atomic E-state index is 0. The van der Waals surface area contributed by atoms with Crippen molar-refractivity contribution in [2.75, 3.05) is 50.5 Å². The Kier molecular flexibility index (Phi) is 6.68. The van der Waals surface area contributed by atoms with Crippen molar-refractivity contribution in [3.05, 3.63) is 60.2 Å². The van der Waals surface area contributed by atoms with Gasteiger partial charge in [-0.2, -0.15) is 9.97 Å². The van der Waals surface area contributed by atoms with Crippen LogP contribution in [0.5, 0.6) is 6.01 Å². The number of ether oxygens (including phenoxy) is 2. The van der Waals surface area contributed by atoms with Crippen LogP contribution in [0.4, 0.5) is 16.0 Å². The second-order valence-electron chi connectivity index (χ2n) is 8.29. The van der Waals surface area contributed by atoms with Gasteiger partial charge in [0.05, 0.1) is 24.5 Å². The predicted molar refractivity (Wildman–Crippen MR) is 136 cm³/mol. The van der Waals surface area contributed by atoms with Gasteiger partial charge >= 0.3 is 6.01 Å². The number of nitrogen functional groups attached to an aromatic ring is 1. The third-order valence-corrected chi connectivity index (χ3v) is 5.86. The van der Waals surface area contributed by atoms with Gasteiger partial charge in [0.15, 0.2) is 11.5 Å². The number of rotatable bonds is 8. The number of morpholine rings is 1. The van der Waals surface area contributed by atoms with E-state index in [2.05, 4.69) is 30.3 Å². The molecule has 3 N–H and O–H groups in total. The summed E-state index contributed by atoms with van der Waals surface area (Å²) in [5.74, 6) is 0.569. The molecule has 35 heavy (non-hydrogen) atoms. The zero-order chi connectivity index (χ0) is 24.2. The Hall–Kier alpha value is -3.83. The Bertz CT molecular complexity index is 1310. The van der Waals surface area contributed by atoms with Crippen molar-refractivity contribution in [2.24, 2.45) is 0 Å². The first-order valence-corrected chi connectivity index (χ1v) is 11.5. The van der Waals surface area contributed by atoms with E-state index in [0.29, 0.717) is 35.1 Å². The lowest BCUT2D eigenvalue weighted by Gasteiger charge is -2.26. The number of benzene rings is 1.